The number of benzene rings is 1. The Labute approximate surface area is 96.7 Å². The smallest absolute Gasteiger partial charge is 0.123 e. The maximum absolute atomic E-state index is 12.8. The molecule has 0 aliphatic carbocycles. The Hall–Kier alpha value is -1.09. The summed E-state index contributed by atoms with van der Waals surface area (Å²) >= 11 is 0. The average molecular weight is 225 g/mol. The Balaban J connectivity index is 2.50. The second-order valence-electron chi connectivity index (χ2n) is 4.05. The molecule has 0 aromatic heterocycles. The molecule has 0 aliphatic heterocycles. The van der Waals surface area contributed by atoms with E-state index in [9.17, 15) is 9.50 Å². The van der Waals surface area contributed by atoms with Crippen molar-refractivity contribution < 1.29 is 9.50 Å². The first-order chi connectivity index (χ1) is 7.63. The van der Waals surface area contributed by atoms with Gasteiger partial charge in [0.25, 0.3) is 0 Å². The largest absolute Gasteiger partial charge is 0.393 e. The quantitative estimate of drug-likeness (QED) is 0.804. The van der Waals surface area contributed by atoms with E-state index in [1.165, 1.54) is 12.1 Å². The molecule has 1 rings (SSSR count). The fourth-order valence-electron chi connectivity index (χ4n) is 1.70. The predicted octanol–water partition coefficient (Wildman–Crippen LogP) is 2.81. The second-order valence-corrected chi connectivity index (χ2v) is 4.05. The van der Waals surface area contributed by atoms with Gasteiger partial charge in [0.15, 0.2) is 0 Å². The van der Waals surface area contributed by atoms with E-state index < -0.39 is 0 Å². The third-order valence-electron chi connectivity index (χ3n) is 2.62. The SMILES string of the molecule is CCN(CCCC(C)O)c1ccc(F)cc1. The van der Waals surface area contributed by atoms with Gasteiger partial charge in [-0.3, -0.25) is 0 Å². The van der Waals surface area contributed by atoms with Crippen LogP contribution in [-0.2, 0) is 0 Å². The van der Waals surface area contributed by atoms with E-state index >= 15 is 0 Å². The number of hydrogen-bond acceptors (Lipinski definition) is 2. The number of aliphatic hydroxyl groups excluding tert-OH is 1. The molecule has 1 N–H and O–H groups in total. The third-order valence-corrected chi connectivity index (χ3v) is 2.62. The molecule has 0 fully saturated rings. The molecule has 0 spiro atoms. The molecule has 1 unspecified atom stereocenters. The summed E-state index contributed by atoms with van der Waals surface area (Å²) in [4.78, 5) is 2.18. The number of hydrogen-bond donors (Lipinski definition) is 1. The molecule has 2 nitrogen and oxygen atoms in total. The monoisotopic (exact) mass is 225 g/mol. The number of halogens is 1. The van der Waals surface area contributed by atoms with E-state index in [0.717, 1.165) is 31.6 Å². The number of anilines is 1. The average Bonchev–Trinajstić information content (AvgIpc) is 2.26. The lowest BCUT2D eigenvalue weighted by molar-refractivity contribution is 0.182. The van der Waals surface area contributed by atoms with Gasteiger partial charge in [0.05, 0.1) is 6.10 Å². The molecule has 0 saturated carbocycles. The first-order valence-electron chi connectivity index (χ1n) is 5.82. The van der Waals surface area contributed by atoms with Gasteiger partial charge in [-0.15, -0.1) is 0 Å². The van der Waals surface area contributed by atoms with E-state index in [4.69, 9.17) is 0 Å². The summed E-state index contributed by atoms with van der Waals surface area (Å²) in [6.45, 7) is 5.67. The van der Waals surface area contributed by atoms with Gasteiger partial charge in [-0.1, -0.05) is 0 Å². The van der Waals surface area contributed by atoms with Crippen LogP contribution in [0.1, 0.15) is 26.7 Å². The first-order valence-corrected chi connectivity index (χ1v) is 5.82. The molecule has 0 aliphatic rings. The maximum atomic E-state index is 12.8. The molecule has 90 valence electrons. The summed E-state index contributed by atoms with van der Waals surface area (Å²) < 4.78 is 12.8. The summed E-state index contributed by atoms with van der Waals surface area (Å²) in [5.74, 6) is -0.205. The van der Waals surface area contributed by atoms with Crippen LogP contribution >= 0.6 is 0 Å². The Morgan fingerprint density at radius 3 is 2.44 bits per heavy atom. The Bertz CT molecular complexity index is 297. The van der Waals surface area contributed by atoms with Crippen molar-refractivity contribution in [2.45, 2.75) is 32.8 Å². The number of rotatable bonds is 6. The first kappa shape index (κ1) is 13.0. The summed E-state index contributed by atoms with van der Waals surface area (Å²) in [6.07, 6.45) is 1.51. The van der Waals surface area contributed by atoms with Gasteiger partial charge >= 0.3 is 0 Å². The highest BCUT2D eigenvalue weighted by molar-refractivity contribution is 5.45. The van der Waals surface area contributed by atoms with Gasteiger partial charge in [0.1, 0.15) is 5.82 Å². The van der Waals surface area contributed by atoms with E-state index in [-0.39, 0.29) is 11.9 Å². The fourth-order valence-corrected chi connectivity index (χ4v) is 1.70. The predicted molar refractivity (Wildman–Crippen MR) is 65.2 cm³/mol. The molecule has 1 atom stereocenters. The van der Waals surface area contributed by atoms with Gasteiger partial charge in [0.2, 0.25) is 0 Å². The zero-order chi connectivity index (χ0) is 12.0. The minimum atomic E-state index is -0.244. The molecule has 1 aromatic rings. The Morgan fingerprint density at radius 2 is 1.94 bits per heavy atom. The molecule has 0 saturated heterocycles. The van der Waals surface area contributed by atoms with E-state index in [1.807, 2.05) is 0 Å². The second kappa shape index (κ2) is 6.48. The zero-order valence-electron chi connectivity index (χ0n) is 9.99. The molecule has 1 aromatic carbocycles. The van der Waals surface area contributed by atoms with Crippen molar-refractivity contribution in [2.24, 2.45) is 0 Å². The van der Waals surface area contributed by atoms with Gasteiger partial charge in [-0.2, -0.15) is 0 Å². The van der Waals surface area contributed by atoms with Crippen molar-refractivity contribution in [3.8, 4) is 0 Å². The van der Waals surface area contributed by atoms with Crippen LogP contribution in [0.3, 0.4) is 0 Å². The highest BCUT2D eigenvalue weighted by Gasteiger charge is 2.04. The van der Waals surface area contributed by atoms with Crippen LogP contribution in [0.5, 0.6) is 0 Å². The summed E-state index contributed by atoms with van der Waals surface area (Å²) in [6, 6.07) is 6.54. The van der Waals surface area contributed by atoms with Crippen LogP contribution in [-0.4, -0.2) is 24.3 Å². The van der Waals surface area contributed by atoms with Crippen molar-refractivity contribution in [3.05, 3.63) is 30.1 Å². The van der Waals surface area contributed by atoms with Crippen molar-refractivity contribution in [1.82, 2.24) is 0 Å². The van der Waals surface area contributed by atoms with Gasteiger partial charge in [-0.05, 0) is 51.0 Å². The van der Waals surface area contributed by atoms with E-state index in [2.05, 4.69) is 11.8 Å². The molecule has 3 heteroatoms. The third kappa shape index (κ3) is 4.19. The van der Waals surface area contributed by atoms with Crippen LogP contribution in [0, 0.1) is 5.82 Å². The standard InChI is InChI=1S/C13H20FNO/c1-3-15(10-4-5-11(2)16)13-8-6-12(14)7-9-13/h6-9,11,16H,3-5,10H2,1-2H3. The highest BCUT2D eigenvalue weighted by atomic mass is 19.1. The summed E-state index contributed by atoms with van der Waals surface area (Å²) in [5.41, 5.74) is 1.04. The topological polar surface area (TPSA) is 23.5 Å². The normalized spacial score (nSPS) is 12.5. The highest BCUT2D eigenvalue weighted by Crippen LogP contribution is 2.15. The molecular weight excluding hydrogens is 205 g/mol. The molecular formula is C13H20FNO. The van der Waals surface area contributed by atoms with Gasteiger partial charge < -0.3 is 10.0 Å². The molecule has 0 amide bonds. The van der Waals surface area contributed by atoms with E-state index in [0.29, 0.717) is 0 Å². The molecule has 0 radical (unpaired) electrons. The zero-order valence-corrected chi connectivity index (χ0v) is 9.99. The van der Waals surface area contributed by atoms with Gasteiger partial charge in [0, 0.05) is 18.8 Å². The minimum Gasteiger partial charge on any atom is -0.393 e. The van der Waals surface area contributed by atoms with Crippen LogP contribution in [0.15, 0.2) is 24.3 Å². The molecule has 0 bridgehead atoms. The number of nitrogens with zero attached hydrogens (tertiary/aromatic N) is 1. The maximum Gasteiger partial charge on any atom is 0.123 e. The van der Waals surface area contributed by atoms with Gasteiger partial charge in [-0.25, -0.2) is 4.39 Å². The number of aliphatic hydroxyl groups is 1. The molecule has 16 heavy (non-hydrogen) atoms. The van der Waals surface area contributed by atoms with Crippen molar-refractivity contribution in [3.63, 3.8) is 0 Å². The van der Waals surface area contributed by atoms with Crippen LogP contribution in [0.25, 0.3) is 0 Å². The lowest BCUT2D eigenvalue weighted by atomic mass is 10.2. The molecule has 0 heterocycles. The van der Waals surface area contributed by atoms with Crippen LogP contribution in [0.2, 0.25) is 0 Å². The lowest BCUT2D eigenvalue weighted by Crippen LogP contribution is -2.24. The Morgan fingerprint density at radius 1 is 1.31 bits per heavy atom. The van der Waals surface area contributed by atoms with Crippen LogP contribution < -0.4 is 4.90 Å². The Kier molecular flexibility index (Phi) is 5.26. The minimum absolute atomic E-state index is 0.205. The van der Waals surface area contributed by atoms with Crippen molar-refractivity contribution in [1.29, 1.82) is 0 Å². The lowest BCUT2D eigenvalue weighted by Gasteiger charge is -2.23. The van der Waals surface area contributed by atoms with Crippen molar-refractivity contribution in [2.75, 3.05) is 18.0 Å². The fraction of sp³-hybridized carbons (Fsp3) is 0.538. The summed E-state index contributed by atoms with van der Waals surface area (Å²) in [7, 11) is 0. The van der Waals surface area contributed by atoms with E-state index in [1.54, 1.807) is 19.1 Å². The van der Waals surface area contributed by atoms with Crippen LogP contribution in [0.4, 0.5) is 10.1 Å². The van der Waals surface area contributed by atoms with Crippen molar-refractivity contribution >= 4 is 5.69 Å². The summed E-state index contributed by atoms with van der Waals surface area (Å²) in [5, 5.41) is 9.18.